The number of nitrogens with zero attached hydrogens (tertiary/aromatic N) is 2. The summed E-state index contributed by atoms with van der Waals surface area (Å²) in [6, 6.07) is 13.4. The number of benzene rings is 2. The Kier molecular flexibility index (Phi) is 2.31. The van der Waals surface area contributed by atoms with Gasteiger partial charge in [0.1, 0.15) is 11.6 Å². The summed E-state index contributed by atoms with van der Waals surface area (Å²) in [6.45, 7) is 0. The third kappa shape index (κ3) is 1.72. The maximum Gasteiger partial charge on any atom is 0.138 e. The van der Waals surface area contributed by atoms with Crippen LogP contribution in [0.2, 0.25) is 0 Å². The summed E-state index contributed by atoms with van der Waals surface area (Å²) in [5.41, 5.74) is 2.98. The number of aromatic nitrogens is 2. The van der Waals surface area contributed by atoms with Crippen molar-refractivity contribution in [3.63, 3.8) is 0 Å². The lowest BCUT2D eigenvalue weighted by Gasteiger charge is -1.94. The fourth-order valence-corrected chi connectivity index (χ4v) is 1.82. The van der Waals surface area contributed by atoms with Crippen LogP contribution in [-0.4, -0.2) is 9.97 Å². The molecular formula is C14H8FN3. The van der Waals surface area contributed by atoms with E-state index in [1.165, 1.54) is 12.1 Å². The molecule has 0 bridgehead atoms. The number of aromatic amines is 1. The number of rotatable bonds is 1. The van der Waals surface area contributed by atoms with Crippen molar-refractivity contribution in [2.24, 2.45) is 0 Å². The third-order valence-electron chi connectivity index (χ3n) is 2.73. The standard InChI is InChI=1S/C14H8FN3/c15-11-4-2-10(3-5-11)14-17-12-6-1-9(8-16)7-13(12)18-14/h1-7H,(H,17,18). The molecule has 2 aromatic carbocycles. The summed E-state index contributed by atoms with van der Waals surface area (Å²) in [5, 5.41) is 8.83. The Morgan fingerprint density at radius 1 is 1.11 bits per heavy atom. The molecule has 0 amide bonds. The molecule has 86 valence electrons. The summed E-state index contributed by atoms with van der Waals surface area (Å²) in [4.78, 5) is 7.52. The number of H-pyrrole nitrogens is 1. The van der Waals surface area contributed by atoms with E-state index < -0.39 is 0 Å². The Hall–Kier alpha value is -2.67. The minimum atomic E-state index is -0.276. The van der Waals surface area contributed by atoms with Crippen molar-refractivity contribution >= 4 is 11.0 Å². The first kappa shape index (κ1) is 10.5. The van der Waals surface area contributed by atoms with Gasteiger partial charge in [-0.15, -0.1) is 0 Å². The molecule has 0 saturated heterocycles. The van der Waals surface area contributed by atoms with Crippen LogP contribution in [0.3, 0.4) is 0 Å². The first-order chi connectivity index (χ1) is 8.76. The lowest BCUT2D eigenvalue weighted by atomic mass is 10.2. The number of nitriles is 1. The zero-order chi connectivity index (χ0) is 12.5. The molecular weight excluding hydrogens is 229 g/mol. The number of halogens is 1. The van der Waals surface area contributed by atoms with Crippen LogP contribution in [0.4, 0.5) is 4.39 Å². The van der Waals surface area contributed by atoms with Crippen LogP contribution in [0.1, 0.15) is 5.56 Å². The van der Waals surface area contributed by atoms with Crippen molar-refractivity contribution < 1.29 is 4.39 Å². The van der Waals surface area contributed by atoms with Gasteiger partial charge in [0.2, 0.25) is 0 Å². The van der Waals surface area contributed by atoms with Gasteiger partial charge in [-0.2, -0.15) is 5.26 Å². The highest BCUT2D eigenvalue weighted by atomic mass is 19.1. The van der Waals surface area contributed by atoms with E-state index in [9.17, 15) is 4.39 Å². The second kappa shape index (κ2) is 3.97. The molecule has 1 aromatic heterocycles. The summed E-state index contributed by atoms with van der Waals surface area (Å²) in [5.74, 6) is 0.390. The minimum absolute atomic E-state index is 0.276. The molecule has 0 aliphatic heterocycles. The van der Waals surface area contributed by atoms with Gasteiger partial charge >= 0.3 is 0 Å². The van der Waals surface area contributed by atoms with Crippen molar-refractivity contribution in [1.82, 2.24) is 9.97 Å². The van der Waals surface area contributed by atoms with E-state index in [4.69, 9.17) is 5.26 Å². The normalized spacial score (nSPS) is 10.4. The Balaban J connectivity index is 2.13. The van der Waals surface area contributed by atoms with Crippen molar-refractivity contribution in [3.05, 3.63) is 53.8 Å². The molecule has 0 aliphatic carbocycles. The monoisotopic (exact) mass is 237 g/mol. The molecule has 3 rings (SSSR count). The Morgan fingerprint density at radius 3 is 2.61 bits per heavy atom. The highest BCUT2D eigenvalue weighted by Gasteiger charge is 2.05. The molecule has 0 spiro atoms. The highest BCUT2D eigenvalue weighted by molar-refractivity contribution is 5.80. The average molecular weight is 237 g/mol. The summed E-state index contributed by atoms with van der Waals surface area (Å²) < 4.78 is 12.8. The summed E-state index contributed by atoms with van der Waals surface area (Å²) in [7, 11) is 0. The lowest BCUT2D eigenvalue weighted by molar-refractivity contribution is 0.628. The molecule has 4 heteroatoms. The van der Waals surface area contributed by atoms with Crippen LogP contribution in [0.5, 0.6) is 0 Å². The summed E-state index contributed by atoms with van der Waals surface area (Å²) in [6.07, 6.45) is 0. The van der Waals surface area contributed by atoms with Gasteiger partial charge in [0.25, 0.3) is 0 Å². The molecule has 3 aromatic rings. The van der Waals surface area contributed by atoms with Crippen LogP contribution in [0.25, 0.3) is 22.4 Å². The smallest absolute Gasteiger partial charge is 0.138 e. The molecule has 1 heterocycles. The quantitative estimate of drug-likeness (QED) is 0.706. The van der Waals surface area contributed by atoms with Crippen molar-refractivity contribution in [2.45, 2.75) is 0 Å². The Morgan fingerprint density at radius 2 is 1.89 bits per heavy atom. The number of fused-ring (bicyclic) bond motifs is 1. The van der Waals surface area contributed by atoms with Gasteiger partial charge in [0.05, 0.1) is 22.7 Å². The van der Waals surface area contributed by atoms with E-state index >= 15 is 0 Å². The van der Waals surface area contributed by atoms with E-state index in [0.29, 0.717) is 11.4 Å². The molecule has 0 radical (unpaired) electrons. The van der Waals surface area contributed by atoms with E-state index in [-0.39, 0.29) is 5.82 Å². The SMILES string of the molecule is N#Cc1ccc2nc(-c3ccc(F)cc3)[nH]c2c1. The topological polar surface area (TPSA) is 52.5 Å². The molecule has 0 atom stereocenters. The predicted molar refractivity (Wildman–Crippen MR) is 66.2 cm³/mol. The van der Waals surface area contributed by atoms with Crippen molar-refractivity contribution in [3.8, 4) is 17.5 Å². The third-order valence-corrected chi connectivity index (χ3v) is 2.73. The van der Waals surface area contributed by atoms with Gasteiger partial charge in [-0.25, -0.2) is 9.37 Å². The molecule has 0 aliphatic rings. The van der Waals surface area contributed by atoms with Gasteiger partial charge in [0.15, 0.2) is 0 Å². The highest BCUT2D eigenvalue weighted by Crippen LogP contribution is 2.21. The number of nitrogens with one attached hydrogen (secondary N) is 1. The van der Waals surface area contributed by atoms with Gasteiger partial charge in [0, 0.05) is 5.56 Å². The maximum absolute atomic E-state index is 12.8. The van der Waals surface area contributed by atoms with Gasteiger partial charge in [-0.1, -0.05) is 0 Å². The first-order valence-electron chi connectivity index (χ1n) is 5.42. The molecule has 0 saturated carbocycles. The van der Waals surface area contributed by atoms with Crippen LogP contribution in [0, 0.1) is 17.1 Å². The first-order valence-corrected chi connectivity index (χ1v) is 5.42. The number of hydrogen-bond acceptors (Lipinski definition) is 2. The molecule has 3 nitrogen and oxygen atoms in total. The second-order valence-electron chi connectivity index (χ2n) is 3.94. The van der Waals surface area contributed by atoms with Gasteiger partial charge < -0.3 is 4.98 Å². The zero-order valence-electron chi connectivity index (χ0n) is 9.31. The summed E-state index contributed by atoms with van der Waals surface area (Å²) >= 11 is 0. The average Bonchev–Trinajstić information content (AvgIpc) is 2.82. The molecule has 0 fully saturated rings. The van der Waals surface area contributed by atoms with Crippen molar-refractivity contribution in [2.75, 3.05) is 0 Å². The Bertz CT molecular complexity index is 751. The number of imidazole rings is 1. The van der Waals surface area contributed by atoms with Crippen molar-refractivity contribution in [1.29, 1.82) is 5.26 Å². The number of hydrogen-bond donors (Lipinski definition) is 1. The molecule has 1 N–H and O–H groups in total. The lowest BCUT2D eigenvalue weighted by Crippen LogP contribution is -1.80. The molecule has 0 unspecified atom stereocenters. The Labute approximate surface area is 103 Å². The molecule has 18 heavy (non-hydrogen) atoms. The second-order valence-corrected chi connectivity index (χ2v) is 3.94. The van der Waals surface area contributed by atoms with Gasteiger partial charge in [-0.05, 0) is 42.5 Å². The van der Waals surface area contributed by atoms with Crippen LogP contribution in [0.15, 0.2) is 42.5 Å². The fraction of sp³-hybridized carbons (Fsp3) is 0. The minimum Gasteiger partial charge on any atom is -0.338 e. The van der Waals surface area contributed by atoms with E-state index in [0.717, 1.165) is 16.6 Å². The van der Waals surface area contributed by atoms with E-state index in [1.54, 1.807) is 30.3 Å². The maximum atomic E-state index is 12.8. The van der Waals surface area contributed by atoms with Crippen LogP contribution in [-0.2, 0) is 0 Å². The van der Waals surface area contributed by atoms with Crippen LogP contribution >= 0.6 is 0 Å². The van der Waals surface area contributed by atoms with Gasteiger partial charge in [-0.3, -0.25) is 0 Å². The van der Waals surface area contributed by atoms with E-state index in [2.05, 4.69) is 16.0 Å². The largest absolute Gasteiger partial charge is 0.338 e. The fourth-order valence-electron chi connectivity index (χ4n) is 1.82. The zero-order valence-corrected chi connectivity index (χ0v) is 9.31. The predicted octanol–water partition coefficient (Wildman–Crippen LogP) is 3.24. The van der Waals surface area contributed by atoms with E-state index in [1.807, 2.05) is 0 Å². The van der Waals surface area contributed by atoms with Crippen LogP contribution < -0.4 is 0 Å².